The molecule has 0 bridgehead atoms. The summed E-state index contributed by atoms with van der Waals surface area (Å²) < 4.78 is 7.50. The van der Waals surface area contributed by atoms with Crippen molar-refractivity contribution in [1.29, 1.82) is 0 Å². The van der Waals surface area contributed by atoms with Gasteiger partial charge in [-0.1, -0.05) is 19.6 Å². The van der Waals surface area contributed by atoms with Crippen molar-refractivity contribution in [2.24, 2.45) is 0 Å². The number of ether oxygens (including phenoxy) is 1. The van der Waals surface area contributed by atoms with Crippen molar-refractivity contribution in [2.75, 3.05) is 12.3 Å². The van der Waals surface area contributed by atoms with E-state index in [0.717, 1.165) is 18.3 Å². The summed E-state index contributed by atoms with van der Waals surface area (Å²) in [5, 5.41) is 0. The van der Waals surface area contributed by atoms with Crippen molar-refractivity contribution < 1.29 is 4.74 Å². The molecule has 0 fully saturated rings. The summed E-state index contributed by atoms with van der Waals surface area (Å²) in [5.74, 6) is 0.404. The van der Waals surface area contributed by atoms with E-state index in [2.05, 4.69) is 34.6 Å². The average Bonchev–Trinajstić information content (AvgIpc) is 2.68. The third-order valence-electron chi connectivity index (χ3n) is 2.66. The predicted octanol–water partition coefficient (Wildman–Crippen LogP) is 1.72. The molecule has 2 aromatic rings. The third-order valence-corrected chi connectivity index (χ3v) is 4.36. The largest absolute Gasteiger partial charge is 0.382 e. The quantitative estimate of drug-likeness (QED) is 0.658. The molecule has 2 rings (SSSR count). The van der Waals surface area contributed by atoms with Gasteiger partial charge in [-0.25, -0.2) is 15.0 Å². The normalized spacial score (nSPS) is 12.2. The summed E-state index contributed by atoms with van der Waals surface area (Å²) in [6.45, 7) is 8.22. The van der Waals surface area contributed by atoms with E-state index in [4.69, 9.17) is 10.5 Å². The van der Waals surface area contributed by atoms with Crippen LogP contribution in [0.5, 0.6) is 0 Å². The number of fused-ring (bicyclic) bond motifs is 1. The van der Waals surface area contributed by atoms with E-state index < -0.39 is 8.07 Å². The molecule has 0 unspecified atom stereocenters. The summed E-state index contributed by atoms with van der Waals surface area (Å²) in [4.78, 5) is 12.3. The van der Waals surface area contributed by atoms with Crippen LogP contribution in [0.15, 0.2) is 12.7 Å². The molecule has 0 amide bonds. The van der Waals surface area contributed by atoms with Crippen LogP contribution in [0.3, 0.4) is 0 Å². The molecule has 0 aliphatic rings. The Kier molecular flexibility index (Phi) is 3.62. The number of aromatic nitrogens is 4. The molecule has 0 aromatic carbocycles. The number of nitrogen functional groups attached to an aromatic ring is 1. The molecular weight excluding hydrogens is 246 g/mol. The zero-order valence-electron chi connectivity index (χ0n) is 11.1. The lowest BCUT2D eigenvalue weighted by molar-refractivity contribution is 0.0895. The van der Waals surface area contributed by atoms with Gasteiger partial charge in [0.1, 0.15) is 18.6 Å². The fourth-order valence-corrected chi connectivity index (χ4v) is 2.29. The minimum Gasteiger partial charge on any atom is -0.382 e. The Morgan fingerprint density at radius 3 is 2.78 bits per heavy atom. The summed E-state index contributed by atoms with van der Waals surface area (Å²) in [7, 11) is -1.04. The molecule has 2 heterocycles. The van der Waals surface area contributed by atoms with Crippen LogP contribution in [0, 0.1) is 0 Å². The lowest BCUT2D eigenvalue weighted by atomic mass is 10.5. The van der Waals surface area contributed by atoms with Gasteiger partial charge in [0.2, 0.25) is 0 Å². The van der Waals surface area contributed by atoms with Crippen molar-refractivity contribution >= 4 is 25.1 Å². The van der Waals surface area contributed by atoms with E-state index in [1.165, 1.54) is 6.33 Å². The van der Waals surface area contributed by atoms with Gasteiger partial charge in [-0.05, 0) is 6.04 Å². The Bertz CT molecular complexity index is 534. The first-order chi connectivity index (χ1) is 8.47. The van der Waals surface area contributed by atoms with Gasteiger partial charge in [-0.3, -0.25) is 4.57 Å². The highest BCUT2D eigenvalue weighted by molar-refractivity contribution is 6.76. The first-order valence-corrected chi connectivity index (χ1v) is 9.67. The van der Waals surface area contributed by atoms with Gasteiger partial charge in [0.25, 0.3) is 0 Å². The zero-order chi connectivity index (χ0) is 13.2. The first kappa shape index (κ1) is 13.0. The fourth-order valence-electron chi connectivity index (χ4n) is 1.53. The molecule has 0 saturated heterocycles. The van der Waals surface area contributed by atoms with E-state index in [0.29, 0.717) is 18.1 Å². The van der Waals surface area contributed by atoms with E-state index in [1.807, 2.05) is 4.57 Å². The van der Waals surface area contributed by atoms with Gasteiger partial charge >= 0.3 is 0 Å². The van der Waals surface area contributed by atoms with Gasteiger partial charge in [0, 0.05) is 14.7 Å². The van der Waals surface area contributed by atoms with Gasteiger partial charge in [-0.2, -0.15) is 0 Å². The number of rotatable bonds is 5. The van der Waals surface area contributed by atoms with Crippen LogP contribution in [0.25, 0.3) is 11.2 Å². The molecule has 0 atom stereocenters. The highest BCUT2D eigenvalue weighted by atomic mass is 28.3. The van der Waals surface area contributed by atoms with Crippen molar-refractivity contribution in [3.05, 3.63) is 12.7 Å². The molecule has 0 radical (unpaired) electrons. The molecular formula is C11H19N5OSi. The molecule has 0 aliphatic heterocycles. The number of nitrogens with two attached hydrogens (primary N) is 1. The minimum atomic E-state index is -1.04. The van der Waals surface area contributed by atoms with Crippen molar-refractivity contribution in [3.63, 3.8) is 0 Å². The Morgan fingerprint density at radius 2 is 2.06 bits per heavy atom. The van der Waals surface area contributed by atoms with E-state index in [1.54, 1.807) is 6.33 Å². The second kappa shape index (κ2) is 5.03. The maximum atomic E-state index is 5.72. The maximum absolute atomic E-state index is 5.72. The van der Waals surface area contributed by atoms with Crippen LogP contribution in [0.4, 0.5) is 5.82 Å². The van der Waals surface area contributed by atoms with Crippen molar-refractivity contribution in [1.82, 2.24) is 19.5 Å². The molecule has 7 heteroatoms. The van der Waals surface area contributed by atoms with Crippen LogP contribution in [0.1, 0.15) is 0 Å². The van der Waals surface area contributed by atoms with E-state index >= 15 is 0 Å². The van der Waals surface area contributed by atoms with Crippen LogP contribution >= 0.6 is 0 Å². The number of hydrogen-bond donors (Lipinski definition) is 1. The lowest BCUT2D eigenvalue weighted by Gasteiger charge is -2.15. The average molecular weight is 265 g/mol. The van der Waals surface area contributed by atoms with Gasteiger partial charge in [0.15, 0.2) is 11.5 Å². The highest BCUT2D eigenvalue weighted by Crippen LogP contribution is 2.14. The molecule has 18 heavy (non-hydrogen) atoms. The van der Waals surface area contributed by atoms with E-state index in [-0.39, 0.29) is 0 Å². The van der Waals surface area contributed by atoms with Crippen LogP contribution in [-0.4, -0.2) is 34.2 Å². The highest BCUT2D eigenvalue weighted by Gasteiger charge is 2.12. The monoisotopic (exact) mass is 265 g/mol. The molecule has 2 aromatic heterocycles. The topological polar surface area (TPSA) is 78.9 Å². The van der Waals surface area contributed by atoms with Crippen LogP contribution in [0.2, 0.25) is 25.7 Å². The Labute approximate surface area is 107 Å². The smallest absolute Gasteiger partial charge is 0.167 e. The standard InChI is InChI=1S/C11H19N5OSi/c1-18(2,3)5-4-17-8-16-7-15-9-10(12)13-6-14-11(9)16/h6-7H,4-5,8H2,1-3H3,(H2,12,13,14). The van der Waals surface area contributed by atoms with Crippen LogP contribution in [-0.2, 0) is 11.5 Å². The molecule has 0 aliphatic carbocycles. The SMILES string of the molecule is C[Si](C)(C)CCOCn1cnc2c(N)ncnc21. The van der Waals surface area contributed by atoms with Gasteiger partial charge in [-0.15, -0.1) is 0 Å². The molecule has 0 spiro atoms. The van der Waals surface area contributed by atoms with Crippen molar-refractivity contribution in [3.8, 4) is 0 Å². The van der Waals surface area contributed by atoms with Crippen molar-refractivity contribution in [2.45, 2.75) is 32.4 Å². The molecule has 98 valence electrons. The molecule has 6 nitrogen and oxygen atoms in total. The Hall–Kier alpha value is -1.47. The first-order valence-electron chi connectivity index (χ1n) is 5.96. The number of hydrogen-bond acceptors (Lipinski definition) is 5. The lowest BCUT2D eigenvalue weighted by Crippen LogP contribution is -2.22. The predicted molar refractivity (Wildman–Crippen MR) is 73.8 cm³/mol. The summed E-state index contributed by atoms with van der Waals surface area (Å²) in [5.41, 5.74) is 7.07. The second-order valence-electron chi connectivity index (χ2n) is 5.49. The number of nitrogens with zero attached hydrogens (tertiary/aromatic N) is 4. The van der Waals surface area contributed by atoms with Crippen LogP contribution < -0.4 is 5.73 Å². The fraction of sp³-hybridized carbons (Fsp3) is 0.545. The van der Waals surface area contributed by atoms with Gasteiger partial charge < -0.3 is 10.5 Å². The zero-order valence-corrected chi connectivity index (χ0v) is 12.1. The Balaban J connectivity index is 1.98. The molecule has 2 N–H and O–H groups in total. The number of imidazole rings is 1. The second-order valence-corrected chi connectivity index (χ2v) is 11.1. The summed E-state index contributed by atoms with van der Waals surface area (Å²) in [6.07, 6.45) is 3.13. The summed E-state index contributed by atoms with van der Waals surface area (Å²) >= 11 is 0. The number of anilines is 1. The minimum absolute atomic E-state index is 0.404. The van der Waals surface area contributed by atoms with E-state index in [9.17, 15) is 0 Å². The summed E-state index contributed by atoms with van der Waals surface area (Å²) in [6, 6.07) is 1.15. The third kappa shape index (κ3) is 3.05. The molecule has 0 saturated carbocycles. The maximum Gasteiger partial charge on any atom is 0.167 e. The van der Waals surface area contributed by atoms with Gasteiger partial charge in [0.05, 0.1) is 6.33 Å². The Morgan fingerprint density at radius 1 is 1.28 bits per heavy atom.